The van der Waals surface area contributed by atoms with Crippen LogP contribution in [0.2, 0.25) is 0 Å². The van der Waals surface area contributed by atoms with Crippen molar-refractivity contribution in [1.82, 2.24) is 29.7 Å². The van der Waals surface area contributed by atoms with Crippen LogP contribution in [-0.4, -0.2) is 119 Å². The van der Waals surface area contributed by atoms with Gasteiger partial charge in [0.05, 0.1) is 18.6 Å². The minimum absolute atomic E-state index is 0.583. The van der Waals surface area contributed by atoms with Crippen LogP contribution in [0.3, 0.4) is 0 Å². The molecule has 2 aliphatic heterocycles. The Morgan fingerprint density at radius 3 is 1.39 bits per heavy atom. The number of nitrogens with zero attached hydrogens (tertiary/aromatic N) is 8. The van der Waals surface area contributed by atoms with Gasteiger partial charge in [-0.05, 0) is 32.9 Å². The zero-order valence-electron chi connectivity index (χ0n) is 21.8. The first-order valence-electron chi connectivity index (χ1n) is 12.6. The van der Waals surface area contributed by atoms with Crippen LogP contribution in [0.4, 0.5) is 11.9 Å². The number of hydrogen-bond donors (Lipinski definition) is 1. The summed E-state index contributed by atoms with van der Waals surface area (Å²) in [5.74, 6) is 0.914. The van der Waals surface area contributed by atoms with Gasteiger partial charge in [-0.1, -0.05) is 0 Å². The Morgan fingerprint density at radius 2 is 1.08 bits per heavy atom. The standard InChI is InChI=1S/C20H30N8O.C5H10O2/c1-3-21-19(22-4-1)27-11-7-25(8-12-27)15-17-29-18-16-26-9-13-28(14-10-26)20-23-5-2-6-24-20;1-5(2,3)4(6)7/h1-6H,7-18H2;1-3H3,(H,6,7). The number of rotatable bonds is 8. The minimum Gasteiger partial charge on any atom is -0.481 e. The molecular formula is C25H40N8O3. The SMILES string of the molecule is CC(C)(C)C(=O)O.c1cnc(N2CCN(CCOCCN3CCN(c4ncccn4)CC3)CC2)nc1. The molecule has 11 nitrogen and oxygen atoms in total. The minimum atomic E-state index is -0.757. The lowest BCUT2D eigenvalue weighted by atomic mass is 9.98. The molecule has 0 amide bonds. The van der Waals surface area contributed by atoms with E-state index in [1.807, 2.05) is 12.1 Å². The Morgan fingerprint density at radius 1 is 0.750 bits per heavy atom. The summed E-state index contributed by atoms with van der Waals surface area (Å²) >= 11 is 0. The molecule has 36 heavy (non-hydrogen) atoms. The zero-order valence-corrected chi connectivity index (χ0v) is 21.8. The van der Waals surface area contributed by atoms with Gasteiger partial charge >= 0.3 is 5.97 Å². The summed E-state index contributed by atoms with van der Waals surface area (Å²) < 4.78 is 5.90. The van der Waals surface area contributed by atoms with Gasteiger partial charge in [-0.3, -0.25) is 14.6 Å². The number of anilines is 2. The van der Waals surface area contributed by atoms with Crippen molar-refractivity contribution in [3.63, 3.8) is 0 Å². The van der Waals surface area contributed by atoms with Gasteiger partial charge in [-0.25, -0.2) is 19.9 Å². The van der Waals surface area contributed by atoms with Gasteiger partial charge in [0.15, 0.2) is 0 Å². The van der Waals surface area contributed by atoms with E-state index < -0.39 is 11.4 Å². The Hall–Kier alpha value is -2.89. The normalized spacial score (nSPS) is 17.4. The summed E-state index contributed by atoms with van der Waals surface area (Å²) in [5, 5.41) is 8.25. The highest BCUT2D eigenvalue weighted by molar-refractivity contribution is 5.72. The number of aliphatic carboxylic acids is 1. The fourth-order valence-corrected chi connectivity index (χ4v) is 3.74. The van der Waals surface area contributed by atoms with Crippen LogP contribution in [0.25, 0.3) is 0 Å². The lowest BCUT2D eigenvalue weighted by molar-refractivity contribution is -0.145. The Bertz CT molecular complexity index is 820. The van der Waals surface area contributed by atoms with Crippen molar-refractivity contribution >= 4 is 17.9 Å². The van der Waals surface area contributed by atoms with Gasteiger partial charge in [-0.2, -0.15) is 0 Å². The van der Waals surface area contributed by atoms with E-state index in [1.165, 1.54) is 0 Å². The van der Waals surface area contributed by atoms with Gasteiger partial charge in [0.1, 0.15) is 0 Å². The van der Waals surface area contributed by atoms with Crippen LogP contribution in [0.5, 0.6) is 0 Å². The Balaban J connectivity index is 0.000000454. The maximum absolute atomic E-state index is 10.0. The van der Waals surface area contributed by atoms with Crippen LogP contribution in [0.15, 0.2) is 36.9 Å². The number of piperazine rings is 2. The van der Waals surface area contributed by atoms with E-state index >= 15 is 0 Å². The van der Waals surface area contributed by atoms with Gasteiger partial charge in [0.25, 0.3) is 0 Å². The summed E-state index contributed by atoms with van der Waals surface area (Å²) in [6, 6.07) is 3.71. The first-order chi connectivity index (χ1) is 17.3. The molecule has 0 aliphatic carbocycles. The van der Waals surface area contributed by atoms with Crippen molar-refractivity contribution in [1.29, 1.82) is 0 Å². The Kier molecular flexibility index (Phi) is 10.8. The summed E-state index contributed by atoms with van der Waals surface area (Å²) in [6.45, 7) is 16.6. The topological polar surface area (TPSA) is 111 Å². The Labute approximate surface area is 214 Å². The van der Waals surface area contributed by atoms with Crippen LogP contribution in [0.1, 0.15) is 20.8 Å². The highest BCUT2D eigenvalue weighted by Gasteiger charge is 2.20. The van der Waals surface area contributed by atoms with E-state index in [0.29, 0.717) is 0 Å². The lowest BCUT2D eigenvalue weighted by Crippen LogP contribution is -2.48. The summed E-state index contributed by atoms with van der Waals surface area (Å²) in [7, 11) is 0. The average molecular weight is 501 g/mol. The maximum atomic E-state index is 10.0. The summed E-state index contributed by atoms with van der Waals surface area (Å²) in [4.78, 5) is 36.8. The maximum Gasteiger partial charge on any atom is 0.308 e. The summed E-state index contributed by atoms with van der Waals surface area (Å²) in [6.07, 6.45) is 7.21. The molecule has 2 fully saturated rings. The van der Waals surface area contributed by atoms with Crippen molar-refractivity contribution < 1.29 is 14.6 Å². The van der Waals surface area contributed by atoms with Crippen molar-refractivity contribution in [3.8, 4) is 0 Å². The van der Waals surface area contributed by atoms with Crippen LogP contribution in [0, 0.1) is 5.41 Å². The molecule has 4 heterocycles. The second kappa shape index (κ2) is 14.0. The van der Waals surface area contributed by atoms with E-state index in [-0.39, 0.29) is 0 Å². The van der Waals surface area contributed by atoms with E-state index in [1.54, 1.807) is 45.6 Å². The third-order valence-corrected chi connectivity index (χ3v) is 6.16. The number of carboxylic acid groups (broad SMARTS) is 1. The lowest BCUT2D eigenvalue weighted by Gasteiger charge is -2.35. The highest BCUT2D eigenvalue weighted by atomic mass is 16.5. The monoisotopic (exact) mass is 500 g/mol. The largest absolute Gasteiger partial charge is 0.481 e. The molecule has 2 aliphatic rings. The first kappa shape index (κ1) is 27.7. The van der Waals surface area contributed by atoms with Crippen molar-refractivity contribution in [3.05, 3.63) is 36.9 Å². The molecule has 11 heteroatoms. The quantitative estimate of drug-likeness (QED) is 0.530. The van der Waals surface area contributed by atoms with Crippen LogP contribution < -0.4 is 9.80 Å². The average Bonchev–Trinajstić information content (AvgIpc) is 2.90. The molecule has 0 radical (unpaired) electrons. The van der Waals surface area contributed by atoms with Crippen molar-refractivity contribution in [2.24, 2.45) is 5.41 Å². The molecule has 1 N–H and O–H groups in total. The molecule has 2 saturated heterocycles. The van der Waals surface area contributed by atoms with Gasteiger partial charge < -0.3 is 19.6 Å². The van der Waals surface area contributed by atoms with Crippen LogP contribution >= 0.6 is 0 Å². The predicted octanol–water partition coefficient (Wildman–Crippen LogP) is 1.34. The molecule has 0 unspecified atom stereocenters. The fraction of sp³-hybridized carbons (Fsp3) is 0.640. The zero-order chi connectivity index (χ0) is 25.8. The molecule has 198 valence electrons. The summed E-state index contributed by atoms with van der Waals surface area (Å²) in [5.41, 5.74) is -0.583. The third-order valence-electron chi connectivity index (χ3n) is 6.16. The molecule has 0 saturated carbocycles. The molecule has 2 aromatic heterocycles. The second-order valence-corrected chi connectivity index (χ2v) is 9.92. The van der Waals surface area contributed by atoms with Gasteiger partial charge in [-0.15, -0.1) is 0 Å². The van der Waals surface area contributed by atoms with Crippen LogP contribution in [-0.2, 0) is 9.53 Å². The number of hydrogen-bond acceptors (Lipinski definition) is 10. The molecular weight excluding hydrogens is 460 g/mol. The fourth-order valence-electron chi connectivity index (χ4n) is 3.74. The molecule has 4 rings (SSSR count). The number of ether oxygens (including phenoxy) is 1. The first-order valence-corrected chi connectivity index (χ1v) is 12.6. The number of carbonyl (C=O) groups is 1. The predicted molar refractivity (Wildman–Crippen MR) is 139 cm³/mol. The molecule has 0 aromatic carbocycles. The van der Waals surface area contributed by atoms with E-state index in [2.05, 4.69) is 39.5 Å². The highest BCUT2D eigenvalue weighted by Crippen LogP contribution is 2.12. The third kappa shape index (κ3) is 9.29. The van der Waals surface area contributed by atoms with Gasteiger partial charge in [0, 0.05) is 90.2 Å². The van der Waals surface area contributed by atoms with Crippen molar-refractivity contribution in [2.45, 2.75) is 20.8 Å². The number of carboxylic acids is 1. The van der Waals surface area contributed by atoms with E-state index in [9.17, 15) is 4.79 Å². The van der Waals surface area contributed by atoms with Crippen molar-refractivity contribution in [2.75, 3.05) is 88.5 Å². The molecule has 0 atom stereocenters. The molecule has 0 spiro atoms. The second-order valence-electron chi connectivity index (χ2n) is 9.92. The number of aromatic nitrogens is 4. The molecule has 0 bridgehead atoms. The van der Waals surface area contributed by atoms with E-state index in [0.717, 1.165) is 90.6 Å². The van der Waals surface area contributed by atoms with E-state index in [4.69, 9.17) is 9.84 Å². The van der Waals surface area contributed by atoms with Gasteiger partial charge in [0.2, 0.25) is 11.9 Å². The molecule has 2 aromatic rings. The smallest absolute Gasteiger partial charge is 0.308 e.